The molecule has 328 valence electrons. The van der Waals surface area contributed by atoms with Crippen LogP contribution in [0.3, 0.4) is 0 Å². The molecule has 2 aromatic rings. The Kier molecular flexibility index (Phi) is 9.32. The molecule has 4 amide bonds. The van der Waals surface area contributed by atoms with Gasteiger partial charge in [0, 0.05) is 44.6 Å². The SMILES string of the molecule is [2H]C([2H])([2H])C(OC(=O)N[C@@H]1C(=O)N2C[C@H](Oc3nccc4c5c(ccc34)N(C)CCO5)C[C@H]2C(=O)N[C@]2(C(=O)NS(=O)(=O)C3(C)CC3)C[C@H]2/C=C\CC[C@@H](C)C[C@H]1C)(C([2H])([2H])[2H])C(F)(F)F. The standard InChI is InChI=1S/C41H53F3N6O9S/c1-23-9-7-8-10-25-21-40(25,36(53)48-60(55,56)39(5)14-15-39)47-33(51)30-20-26(58-34-28-11-12-29-32(27(28)13-16-45-34)57-18-17-49(29)6)22-50(30)35(52)31(24(2)19-23)46-37(54)59-38(3,4)41(42,43)44/h8,10-13,16,23-26,30-31H,7,9,14-15,17-22H2,1-6H3,(H,46,54)(H,47,51)(H,48,53)/b10-8-/t23-,24-,25-,26-,30+,31+,40-/m1/s1/i3D3,4D3. The van der Waals surface area contributed by atoms with Gasteiger partial charge < -0.3 is 34.6 Å². The maximum absolute atomic E-state index is 15.0. The monoisotopic (exact) mass is 868 g/mol. The van der Waals surface area contributed by atoms with Crippen LogP contribution in [0.1, 0.15) is 87.6 Å². The molecule has 19 heteroatoms. The van der Waals surface area contributed by atoms with Crippen LogP contribution >= 0.6 is 0 Å². The van der Waals surface area contributed by atoms with E-state index in [2.05, 4.69) is 19.8 Å². The van der Waals surface area contributed by atoms with Crippen LogP contribution in [-0.2, 0) is 29.1 Å². The summed E-state index contributed by atoms with van der Waals surface area (Å²) in [6.07, 6.45) is -3.04. The number of rotatable bonds is 7. The fourth-order valence-corrected chi connectivity index (χ4v) is 9.56. The number of carbonyl (C=O) groups is 4. The Morgan fingerprint density at radius 1 is 1.12 bits per heavy atom. The Hall–Kier alpha value is -4.81. The molecule has 4 heterocycles. The summed E-state index contributed by atoms with van der Waals surface area (Å²) >= 11 is 0. The molecule has 0 unspecified atom stereocenters. The van der Waals surface area contributed by atoms with Crippen molar-refractivity contribution in [1.29, 1.82) is 0 Å². The number of nitrogens with one attached hydrogen (secondary N) is 3. The molecule has 3 N–H and O–H groups in total. The maximum atomic E-state index is 15.0. The lowest BCUT2D eigenvalue weighted by Crippen LogP contribution is -2.59. The molecule has 1 aromatic carbocycles. The first kappa shape index (κ1) is 35.9. The predicted octanol–water partition coefficient (Wildman–Crippen LogP) is 4.73. The van der Waals surface area contributed by atoms with Gasteiger partial charge in [0.1, 0.15) is 30.3 Å². The molecular weight excluding hydrogens is 810 g/mol. The van der Waals surface area contributed by atoms with E-state index in [1.807, 2.05) is 30.3 Å². The number of anilines is 1. The second-order valence-electron chi connectivity index (χ2n) is 17.0. The Labute approximate surface area is 355 Å². The molecule has 15 nitrogen and oxygen atoms in total. The summed E-state index contributed by atoms with van der Waals surface area (Å²) in [4.78, 5) is 64.7. The molecule has 2 saturated carbocycles. The third-order valence-corrected chi connectivity index (χ3v) is 14.5. The number of aromatic nitrogens is 1. The van der Waals surface area contributed by atoms with E-state index < -0.39 is 106 Å². The van der Waals surface area contributed by atoms with E-state index in [9.17, 15) is 40.8 Å². The third-order valence-electron chi connectivity index (χ3n) is 12.4. The summed E-state index contributed by atoms with van der Waals surface area (Å²) in [6, 6.07) is 1.94. The summed E-state index contributed by atoms with van der Waals surface area (Å²) in [5.41, 5.74) is -5.96. The minimum Gasteiger partial charge on any atom is -0.489 e. The van der Waals surface area contributed by atoms with Gasteiger partial charge in [0.05, 0.1) is 23.5 Å². The maximum Gasteiger partial charge on any atom is 0.427 e. The predicted molar refractivity (Wildman–Crippen MR) is 214 cm³/mol. The van der Waals surface area contributed by atoms with E-state index in [1.54, 1.807) is 24.3 Å². The van der Waals surface area contributed by atoms with Gasteiger partial charge in [-0.25, -0.2) is 18.2 Å². The number of fused-ring (bicyclic) bond motifs is 5. The summed E-state index contributed by atoms with van der Waals surface area (Å²) in [7, 11) is -2.26. The first-order chi connectivity index (χ1) is 30.6. The second-order valence-corrected chi connectivity index (χ2v) is 19.2. The molecule has 3 fully saturated rings. The topological polar surface area (TPSA) is 186 Å². The van der Waals surface area contributed by atoms with Gasteiger partial charge in [-0.15, -0.1) is 0 Å². The Morgan fingerprint density at radius 2 is 1.87 bits per heavy atom. The molecule has 3 aliphatic heterocycles. The number of hydrogen-bond donors (Lipinski definition) is 3. The highest BCUT2D eigenvalue weighted by atomic mass is 32.2. The minimum atomic E-state index is -6.15. The second kappa shape index (κ2) is 15.6. The van der Waals surface area contributed by atoms with Gasteiger partial charge in [-0.2, -0.15) is 13.2 Å². The van der Waals surface area contributed by atoms with Gasteiger partial charge in [0.2, 0.25) is 33.3 Å². The molecule has 0 spiro atoms. The lowest BCUT2D eigenvalue weighted by Gasteiger charge is -2.34. The number of pyridine rings is 1. The zero-order valence-corrected chi connectivity index (χ0v) is 34.4. The van der Waals surface area contributed by atoms with Gasteiger partial charge in [-0.3, -0.25) is 19.1 Å². The number of benzene rings is 1. The molecule has 5 aliphatic rings. The number of alkyl carbamates (subject to hydrolysis) is 1. The molecule has 2 aliphatic carbocycles. The van der Waals surface area contributed by atoms with Crippen molar-refractivity contribution in [2.75, 3.05) is 31.6 Å². The van der Waals surface area contributed by atoms with E-state index in [-0.39, 0.29) is 31.1 Å². The molecule has 0 radical (unpaired) electrons. The van der Waals surface area contributed by atoms with Crippen molar-refractivity contribution in [3.63, 3.8) is 0 Å². The lowest BCUT2D eigenvalue weighted by atomic mass is 9.88. The number of likely N-dealkylation sites (N-methyl/N-ethyl adjacent to an activating group) is 1. The Bertz CT molecular complexity index is 2380. The van der Waals surface area contributed by atoms with E-state index >= 15 is 0 Å². The number of allylic oxidation sites excluding steroid dienone is 1. The summed E-state index contributed by atoms with van der Waals surface area (Å²) in [5, 5.41) is 5.92. The summed E-state index contributed by atoms with van der Waals surface area (Å²) < 4.78 is 134. The van der Waals surface area contributed by atoms with E-state index in [1.165, 1.54) is 20.0 Å². The molecule has 60 heavy (non-hydrogen) atoms. The number of nitrogens with zero attached hydrogens (tertiary/aromatic N) is 3. The van der Waals surface area contributed by atoms with Crippen molar-refractivity contribution < 1.29 is 63.2 Å². The normalized spacial score (nSPS) is 31.9. The fourth-order valence-electron chi connectivity index (χ4n) is 8.25. The number of ether oxygens (including phenoxy) is 3. The van der Waals surface area contributed by atoms with E-state index in [0.717, 1.165) is 10.6 Å². The van der Waals surface area contributed by atoms with Crippen LogP contribution in [0, 0.1) is 17.8 Å². The van der Waals surface area contributed by atoms with Crippen molar-refractivity contribution in [1.82, 2.24) is 25.2 Å². The molecule has 0 bridgehead atoms. The van der Waals surface area contributed by atoms with Crippen molar-refractivity contribution in [3.05, 3.63) is 36.5 Å². The van der Waals surface area contributed by atoms with Gasteiger partial charge in [-0.05, 0) is 89.2 Å². The minimum absolute atomic E-state index is 0.00591. The number of carbonyl (C=O) groups excluding carboxylic acids is 4. The van der Waals surface area contributed by atoms with Crippen molar-refractivity contribution in [2.24, 2.45) is 17.8 Å². The van der Waals surface area contributed by atoms with Crippen LogP contribution in [0.4, 0.5) is 23.7 Å². The van der Waals surface area contributed by atoms with Crippen molar-refractivity contribution in [2.45, 2.75) is 120 Å². The molecular formula is C41H53F3N6O9S. The first-order valence-electron chi connectivity index (χ1n) is 22.9. The van der Waals surface area contributed by atoms with Gasteiger partial charge in [0.25, 0.3) is 5.91 Å². The van der Waals surface area contributed by atoms with Gasteiger partial charge in [0.15, 0.2) is 5.75 Å². The van der Waals surface area contributed by atoms with E-state index in [4.69, 9.17) is 17.7 Å². The molecule has 7 rings (SSSR count). The van der Waals surface area contributed by atoms with Crippen molar-refractivity contribution in [3.8, 4) is 11.6 Å². The van der Waals surface area contributed by atoms with Crippen LogP contribution in [0.2, 0.25) is 0 Å². The number of amides is 4. The van der Waals surface area contributed by atoms with Gasteiger partial charge >= 0.3 is 12.3 Å². The van der Waals surface area contributed by atoms with Crippen LogP contribution in [0.15, 0.2) is 36.5 Å². The zero-order chi connectivity index (χ0) is 48.6. The summed E-state index contributed by atoms with van der Waals surface area (Å²) in [5.74, 6) is -4.15. The summed E-state index contributed by atoms with van der Waals surface area (Å²) in [6.45, 7) is -3.49. The van der Waals surface area contributed by atoms with Crippen molar-refractivity contribution >= 4 is 50.3 Å². The average molecular weight is 869 g/mol. The zero-order valence-electron chi connectivity index (χ0n) is 39.6. The molecule has 1 saturated heterocycles. The Balaban J connectivity index is 1.26. The number of halogens is 3. The number of sulfonamides is 1. The Morgan fingerprint density at radius 3 is 2.57 bits per heavy atom. The quantitative estimate of drug-likeness (QED) is 0.327. The third kappa shape index (κ3) is 8.29. The first-order valence-corrected chi connectivity index (χ1v) is 21.4. The largest absolute Gasteiger partial charge is 0.489 e. The molecule has 1 aromatic heterocycles. The number of hydrogen-bond acceptors (Lipinski definition) is 11. The van der Waals surface area contributed by atoms with Gasteiger partial charge in [-0.1, -0.05) is 26.0 Å². The average Bonchev–Trinajstić information content (AvgIpc) is 4.09. The highest BCUT2D eigenvalue weighted by Gasteiger charge is 2.63. The fraction of sp³-hybridized carbons (Fsp3) is 0.634. The molecule has 7 atom stereocenters. The van der Waals surface area contributed by atoms with Crippen LogP contribution < -0.4 is 29.7 Å². The van der Waals surface area contributed by atoms with Crippen LogP contribution in [0.5, 0.6) is 11.6 Å². The smallest absolute Gasteiger partial charge is 0.427 e. The lowest BCUT2D eigenvalue weighted by molar-refractivity contribution is -0.244. The highest BCUT2D eigenvalue weighted by Crippen LogP contribution is 2.48. The number of alkyl halides is 3. The van der Waals surface area contributed by atoms with E-state index in [0.29, 0.717) is 55.4 Å². The highest BCUT2D eigenvalue weighted by molar-refractivity contribution is 7.91. The van der Waals surface area contributed by atoms with Crippen LogP contribution in [0.25, 0.3) is 10.8 Å². The van der Waals surface area contributed by atoms with Crippen LogP contribution in [-0.4, -0.2) is 109 Å².